The molecule has 1 N–H and O–H groups in total. The zero-order valence-corrected chi connectivity index (χ0v) is 11.9. The van der Waals surface area contributed by atoms with Gasteiger partial charge in [-0.3, -0.25) is 9.78 Å². The lowest BCUT2D eigenvalue weighted by atomic mass is 9.95. The summed E-state index contributed by atoms with van der Waals surface area (Å²) in [5, 5.41) is 9.47. The number of carboxylic acids is 1. The third-order valence-corrected chi connectivity index (χ3v) is 3.27. The zero-order valence-electron chi connectivity index (χ0n) is 11.9. The average Bonchev–Trinajstić information content (AvgIpc) is 2.53. The van der Waals surface area contributed by atoms with Crippen LogP contribution in [-0.2, 0) is 11.2 Å². The van der Waals surface area contributed by atoms with Crippen LogP contribution in [0.15, 0.2) is 42.6 Å². The van der Waals surface area contributed by atoms with Crippen molar-refractivity contribution >= 4 is 5.97 Å². The molecule has 2 aromatic rings. The highest BCUT2D eigenvalue weighted by Gasteiger charge is 2.23. The third kappa shape index (κ3) is 3.51. The minimum absolute atomic E-state index is 0.318. The second-order valence-corrected chi connectivity index (χ2v) is 4.53. The minimum atomic E-state index is -0.918. The van der Waals surface area contributed by atoms with Crippen LogP contribution in [0.25, 0.3) is 0 Å². The van der Waals surface area contributed by atoms with Gasteiger partial charge < -0.3 is 14.6 Å². The van der Waals surface area contributed by atoms with Crippen molar-refractivity contribution in [1.29, 1.82) is 0 Å². The Hall–Kier alpha value is -2.56. The molecule has 0 bridgehead atoms. The highest BCUT2D eigenvalue weighted by molar-refractivity contribution is 5.76. The topological polar surface area (TPSA) is 68.7 Å². The average molecular weight is 287 g/mol. The van der Waals surface area contributed by atoms with Gasteiger partial charge in [-0.2, -0.15) is 0 Å². The summed E-state index contributed by atoms with van der Waals surface area (Å²) in [5.41, 5.74) is 1.33. The first kappa shape index (κ1) is 14.8. The first-order valence-electron chi connectivity index (χ1n) is 6.50. The maximum absolute atomic E-state index is 11.5. The van der Waals surface area contributed by atoms with Crippen LogP contribution >= 0.6 is 0 Å². The van der Waals surface area contributed by atoms with Crippen LogP contribution < -0.4 is 9.47 Å². The summed E-state index contributed by atoms with van der Waals surface area (Å²) in [6.07, 6.45) is 1.84. The third-order valence-electron chi connectivity index (χ3n) is 3.27. The van der Waals surface area contributed by atoms with E-state index in [1.54, 1.807) is 26.4 Å². The van der Waals surface area contributed by atoms with Crippen LogP contribution in [0.1, 0.15) is 17.2 Å². The van der Waals surface area contributed by atoms with E-state index in [9.17, 15) is 9.90 Å². The van der Waals surface area contributed by atoms with E-state index in [1.165, 1.54) is 6.20 Å². The fourth-order valence-corrected chi connectivity index (χ4v) is 2.13. The van der Waals surface area contributed by atoms with Gasteiger partial charge in [0.2, 0.25) is 0 Å². The van der Waals surface area contributed by atoms with Crippen LogP contribution in [0.3, 0.4) is 0 Å². The molecular weight excluding hydrogens is 270 g/mol. The number of para-hydroxylation sites is 1. The molecular formula is C16H17NO4. The van der Waals surface area contributed by atoms with Crippen LogP contribution in [-0.4, -0.2) is 30.3 Å². The van der Waals surface area contributed by atoms with Crippen molar-refractivity contribution in [2.24, 2.45) is 0 Å². The SMILES string of the molecule is COc1ccc(C(Cc2ccccc2OC)C(=O)O)nc1. The lowest BCUT2D eigenvalue weighted by Gasteiger charge is -2.14. The van der Waals surface area contributed by atoms with Crippen molar-refractivity contribution in [2.45, 2.75) is 12.3 Å². The summed E-state index contributed by atoms with van der Waals surface area (Å²) < 4.78 is 10.3. The van der Waals surface area contributed by atoms with E-state index < -0.39 is 11.9 Å². The first-order chi connectivity index (χ1) is 10.2. The molecule has 0 saturated carbocycles. The molecule has 0 spiro atoms. The number of ether oxygens (including phenoxy) is 2. The molecule has 1 heterocycles. The largest absolute Gasteiger partial charge is 0.496 e. The molecule has 0 saturated heterocycles. The molecule has 0 radical (unpaired) electrons. The number of carboxylic acid groups (broad SMARTS) is 1. The van der Waals surface area contributed by atoms with E-state index in [2.05, 4.69) is 4.98 Å². The van der Waals surface area contributed by atoms with Crippen LogP contribution in [0.2, 0.25) is 0 Å². The zero-order chi connectivity index (χ0) is 15.2. The van der Waals surface area contributed by atoms with E-state index in [0.717, 1.165) is 5.56 Å². The number of aromatic nitrogens is 1. The summed E-state index contributed by atoms with van der Waals surface area (Å²) in [5.74, 6) is -0.372. The summed E-state index contributed by atoms with van der Waals surface area (Å²) in [7, 11) is 3.11. The molecule has 0 aliphatic carbocycles. The fourth-order valence-electron chi connectivity index (χ4n) is 2.13. The number of nitrogens with zero attached hydrogens (tertiary/aromatic N) is 1. The Labute approximate surface area is 123 Å². The van der Waals surface area contributed by atoms with E-state index in [-0.39, 0.29) is 0 Å². The number of hydrogen-bond acceptors (Lipinski definition) is 4. The van der Waals surface area contributed by atoms with Crippen molar-refractivity contribution in [3.8, 4) is 11.5 Å². The van der Waals surface area contributed by atoms with E-state index in [4.69, 9.17) is 9.47 Å². The molecule has 0 aliphatic heterocycles. The summed E-state index contributed by atoms with van der Waals surface area (Å²) >= 11 is 0. The van der Waals surface area contributed by atoms with Gasteiger partial charge in [0.15, 0.2) is 0 Å². The van der Waals surface area contributed by atoms with Crippen molar-refractivity contribution in [2.75, 3.05) is 14.2 Å². The molecule has 1 aromatic carbocycles. The number of hydrogen-bond donors (Lipinski definition) is 1. The molecule has 21 heavy (non-hydrogen) atoms. The van der Waals surface area contributed by atoms with Crippen molar-refractivity contribution in [3.05, 3.63) is 53.9 Å². The molecule has 0 amide bonds. The van der Waals surface area contributed by atoms with Gasteiger partial charge in [-0.05, 0) is 30.2 Å². The smallest absolute Gasteiger partial charge is 0.312 e. The number of benzene rings is 1. The molecule has 5 nitrogen and oxygen atoms in total. The second-order valence-electron chi connectivity index (χ2n) is 4.53. The van der Waals surface area contributed by atoms with Gasteiger partial charge in [0.25, 0.3) is 0 Å². The number of rotatable bonds is 6. The van der Waals surface area contributed by atoms with Crippen molar-refractivity contribution < 1.29 is 19.4 Å². The molecule has 1 aromatic heterocycles. The molecule has 1 atom stereocenters. The molecule has 0 fully saturated rings. The van der Waals surface area contributed by atoms with Gasteiger partial charge in [-0.25, -0.2) is 0 Å². The molecule has 1 unspecified atom stereocenters. The maximum Gasteiger partial charge on any atom is 0.312 e. The van der Waals surface area contributed by atoms with Gasteiger partial charge in [-0.1, -0.05) is 18.2 Å². The number of aliphatic carboxylic acids is 1. The lowest BCUT2D eigenvalue weighted by molar-refractivity contribution is -0.138. The summed E-state index contributed by atoms with van der Waals surface area (Å²) in [6.45, 7) is 0. The van der Waals surface area contributed by atoms with Gasteiger partial charge >= 0.3 is 5.97 Å². The quantitative estimate of drug-likeness (QED) is 0.884. The Bertz CT molecular complexity index is 610. The van der Waals surface area contributed by atoms with Crippen LogP contribution in [0.5, 0.6) is 11.5 Å². The Kier molecular flexibility index (Phi) is 4.77. The number of pyridine rings is 1. The molecule has 110 valence electrons. The molecule has 0 aliphatic rings. The maximum atomic E-state index is 11.5. The highest BCUT2D eigenvalue weighted by atomic mass is 16.5. The minimum Gasteiger partial charge on any atom is -0.496 e. The predicted octanol–water partition coefficient (Wildman–Crippen LogP) is 2.51. The van der Waals surface area contributed by atoms with Crippen molar-refractivity contribution in [3.63, 3.8) is 0 Å². The van der Waals surface area contributed by atoms with Crippen LogP contribution in [0, 0.1) is 0 Å². The highest BCUT2D eigenvalue weighted by Crippen LogP contribution is 2.26. The van der Waals surface area contributed by atoms with Gasteiger partial charge in [0, 0.05) is 0 Å². The van der Waals surface area contributed by atoms with Gasteiger partial charge in [0.1, 0.15) is 17.4 Å². The second kappa shape index (κ2) is 6.74. The normalized spacial score (nSPS) is 11.7. The number of carbonyl (C=O) groups is 1. The van der Waals surface area contributed by atoms with E-state index in [1.807, 2.05) is 24.3 Å². The summed E-state index contributed by atoms with van der Waals surface area (Å²) in [6, 6.07) is 10.8. The molecule has 5 heteroatoms. The monoisotopic (exact) mass is 287 g/mol. The van der Waals surface area contributed by atoms with E-state index in [0.29, 0.717) is 23.6 Å². The molecule has 2 rings (SSSR count). The Morgan fingerprint density at radius 1 is 1.19 bits per heavy atom. The number of methoxy groups -OCH3 is 2. The van der Waals surface area contributed by atoms with Crippen molar-refractivity contribution in [1.82, 2.24) is 4.98 Å². The van der Waals surface area contributed by atoms with Crippen LogP contribution in [0.4, 0.5) is 0 Å². The lowest BCUT2D eigenvalue weighted by Crippen LogP contribution is -2.16. The Morgan fingerprint density at radius 3 is 2.52 bits per heavy atom. The van der Waals surface area contributed by atoms with Gasteiger partial charge in [-0.15, -0.1) is 0 Å². The Balaban J connectivity index is 2.28. The standard InChI is InChI=1S/C16H17NO4/c1-20-12-7-8-14(17-10-12)13(16(18)19)9-11-5-3-4-6-15(11)21-2/h3-8,10,13H,9H2,1-2H3,(H,18,19). The fraction of sp³-hybridized carbons (Fsp3) is 0.250. The van der Waals surface area contributed by atoms with Gasteiger partial charge in [0.05, 0.1) is 26.1 Å². The predicted molar refractivity (Wildman–Crippen MR) is 77.9 cm³/mol. The van der Waals surface area contributed by atoms with E-state index >= 15 is 0 Å². The summed E-state index contributed by atoms with van der Waals surface area (Å²) in [4.78, 5) is 15.7. The first-order valence-corrected chi connectivity index (χ1v) is 6.50. The Morgan fingerprint density at radius 2 is 1.95 bits per heavy atom.